The van der Waals surface area contributed by atoms with Gasteiger partial charge < -0.3 is 4.42 Å². The van der Waals surface area contributed by atoms with E-state index >= 15 is 0 Å². The number of furan rings is 1. The van der Waals surface area contributed by atoms with E-state index in [1.54, 1.807) is 31.3 Å². The van der Waals surface area contributed by atoms with Gasteiger partial charge in [-0.2, -0.15) is 10.5 Å². The Morgan fingerprint density at radius 1 is 0.818 bits per heavy atom. The first-order valence-corrected chi connectivity index (χ1v) is 10.5. The smallest absolute Gasteiger partial charge is 0.219 e. The summed E-state index contributed by atoms with van der Waals surface area (Å²) in [6.07, 6.45) is 1.77. The quantitative estimate of drug-likeness (QED) is 0.310. The average molecular weight is 432 g/mol. The van der Waals surface area contributed by atoms with Gasteiger partial charge in [0.15, 0.2) is 6.20 Å². The van der Waals surface area contributed by atoms with Crippen LogP contribution in [0.3, 0.4) is 0 Å². The molecule has 33 heavy (non-hydrogen) atoms. The van der Waals surface area contributed by atoms with E-state index in [9.17, 15) is 9.65 Å². The number of aromatic nitrogens is 1. The second-order valence-electron chi connectivity index (χ2n) is 8.20. The van der Waals surface area contributed by atoms with E-state index in [0.29, 0.717) is 39.1 Å². The minimum Gasteiger partial charge on any atom is -0.454 e. The highest BCUT2D eigenvalue weighted by Crippen LogP contribution is 2.41. The molecular weight excluding hydrogens is 413 g/mol. The molecule has 0 amide bonds. The first-order chi connectivity index (χ1) is 15.9. The molecule has 0 aliphatic carbocycles. The maximum Gasteiger partial charge on any atom is 0.219 e. The van der Waals surface area contributed by atoms with Gasteiger partial charge in [-0.05, 0) is 49.2 Å². The Labute approximate surface area is 190 Å². The van der Waals surface area contributed by atoms with Crippen LogP contribution in [0.25, 0.3) is 44.3 Å². The number of aryl methyl sites for hydroxylation is 3. The van der Waals surface area contributed by atoms with Crippen LogP contribution in [-0.2, 0) is 7.05 Å². The van der Waals surface area contributed by atoms with Crippen molar-refractivity contribution >= 4 is 21.9 Å². The van der Waals surface area contributed by atoms with Crippen molar-refractivity contribution in [1.82, 2.24) is 0 Å². The zero-order valence-electron chi connectivity index (χ0n) is 18.4. The van der Waals surface area contributed by atoms with Gasteiger partial charge >= 0.3 is 0 Å². The molecule has 158 valence electrons. The summed E-state index contributed by atoms with van der Waals surface area (Å²) >= 11 is 0. The summed E-state index contributed by atoms with van der Waals surface area (Å²) in [5, 5.41) is 20.7. The highest BCUT2D eigenvalue weighted by atomic mass is 19.1. The van der Waals surface area contributed by atoms with Crippen LogP contribution in [0.15, 0.2) is 65.2 Å². The summed E-state index contributed by atoms with van der Waals surface area (Å²) in [5.74, 6) is -0.277. The lowest BCUT2D eigenvalue weighted by Crippen LogP contribution is -2.31. The van der Waals surface area contributed by atoms with Crippen molar-refractivity contribution in [3.63, 3.8) is 0 Å². The van der Waals surface area contributed by atoms with Crippen molar-refractivity contribution in [2.45, 2.75) is 13.8 Å². The van der Waals surface area contributed by atoms with E-state index in [1.165, 1.54) is 6.07 Å². The van der Waals surface area contributed by atoms with Gasteiger partial charge in [0.2, 0.25) is 5.69 Å². The molecule has 0 N–H and O–H groups in total. The lowest BCUT2D eigenvalue weighted by Gasteiger charge is -2.06. The molecule has 5 heteroatoms. The molecule has 0 saturated heterocycles. The standard InChI is InChI=1S/C28H19FN3O/c1-16-4-10-21-22-11-9-20(14-31)26(19-7-5-18(13-30)6-8-19)28(22)33-27(21)25(16)24-12-23(29)17(2)15-32(24)3/h4-12,15H,1-3H3/q+1. The molecule has 2 heterocycles. The van der Waals surface area contributed by atoms with Crippen LogP contribution in [0, 0.1) is 42.3 Å². The third kappa shape index (κ3) is 3.14. The molecule has 3 aromatic carbocycles. The predicted molar refractivity (Wildman–Crippen MR) is 125 cm³/mol. The maximum absolute atomic E-state index is 14.5. The normalized spacial score (nSPS) is 11.0. The number of benzene rings is 3. The van der Waals surface area contributed by atoms with Gasteiger partial charge in [-0.1, -0.05) is 24.3 Å². The highest BCUT2D eigenvalue weighted by molar-refractivity contribution is 6.14. The summed E-state index contributed by atoms with van der Waals surface area (Å²) in [7, 11) is 1.89. The van der Waals surface area contributed by atoms with Crippen LogP contribution in [0.4, 0.5) is 4.39 Å². The molecule has 0 bridgehead atoms. The van der Waals surface area contributed by atoms with Gasteiger partial charge in [0.25, 0.3) is 0 Å². The van der Waals surface area contributed by atoms with Gasteiger partial charge in [-0.3, -0.25) is 0 Å². The van der Waals surface area contributed by atoms with Crippen molar-refractivity contribution < 1.29 is 13.4 Å². The number of nitrogens with zero attached hydrogens (tertiary/aromatic N) is 3. The van der Waals surface area contributed by atoms with Crippen molar-refractivity contribution in [3.05, 3.63) is 88.9 Å². The highest BCUT2D eigenvalue weighted by Gasteiger charge is 2.24. The lowest BCUT2D eigenvalue weighted by atomic mass is 9.95. The van der Waals surface area contributed by atoms with Crippen molar-refractivity contribution in [2.75, 3.05) is 0 Å². The first kappa shape index (κ1) is 20.4. The molecule has 5 rings (SSSR count). The third-order valence-electron chi connectivity index (χ3n) is 6.10. The Kier molecular flexibility index (Phi) is 4.69. The second kappa shape index (κ2) is 7.58. The number of hydrogen-bond acceptors (Lipinski definition) is 3. The summed E-state index contributed by atoms with van der Waals surface area (Å²) in [6, 6.07) is 20.7. The predicted octanol–water partition coefficient (Wildman–Crippen LogP) is 6.24. The molecule has 0 radical (unpaired) electrons. The Balaban J connectivity index is 1.89. The number of nitriles is 2. The van der Waals surface area contributed by atoms with Crippen LogP contribution in [0.5, 0.6) is 0 Å². The van der Waals surface area contributed by atoms with E-state index in [0.717, 1.165) is 27.5 Å². The van der Waals surface area contributed by atoms with E-state index in [-0.39, 0.29) is 5.82 Å². The molecule has 4 nitrogen and oxygen atoms in total. The topological polar surface area (TPSA) is 64.6 Å². The van der Waals surface area contributed by atoms with Gasteiger partial charge in [0.1, 0.15) is 24.0 Å². The average Bonchev–Trinajstić information content (AvgIpc) is 3.19. The summed E-state index contributed by atoms with van der Waals surface area (Å²) in [5.41, 5.74) is 6.79. The molecule has 0 aliphatic heterocycles. The number of fused-ring (bicyclic) bond motifs is 3. The largest absolute Gasteiger partial charge is 0.454 e. The Bertz CT molecular complexity index is 1670. The summed E-state index contributed by atoms with van der Waals surface area (Å²) in [4.78, 5) is 0. The second-order valence-corrected chi connectivity index (χ2v) is 8.20. The summed E-state index contributed by atoms with van der Waals surface area (Å²) < 4.78 is 22.9. The minimum atomic E-state index is -0.277. The molecule has 5 aromatic rings. The number of pyridine rings is 1. The molecule has 0 aliphatic rings. The zero-order chi connectivity index (χ0) is 23.3. The SMILES string of the molecule is Cc1c[n+](C)c(-c2c(C)ccc3c2oc2c(-c4ccc(C#N)cc4)c(C#N)ccc23)cc1F. The van der Waals surface area contributed by atoms with Crippen molar-refractivity contribution in [3.8, 4) is 34.5 Å². The maximum atomic E-state index is 14.5. The van der Waals surface area contributed by atoms with Gasteiger partial charge in [-0.25, -0.2) is 8.96 Å². The van der Waals surface area contributed by atoms with Crippen LogP contribution < -0.4 is 4.57 Å². The van der Waals surface area contributed by atoms with E-state index in [2.05, 4.69) is 12.1 Å². The molecular formula is C28H19FN3O+. The van der Waals surface area contributed by atoms with Crippen molar-refractivity contribution in [2.24, 2.45) is 7.05 Å². The fourth-order valence-electron chi connectivity index (χ4n) is 4.42. The Hall–Kier alpha value is -4.48. The number of rotatable bonds is 2. The van der Waals surface area contributed by atoms with E-state index < -0.39 is 0 Å². The zero-order valence-corrected chi connectivity index (χ0v) is 18.4. The minimum absolute atomic E-state index is 0.277. The van der Waals surface area contributed by atoms with Crippen LogP contribution in [0.2, 0.25) is 0 Å². The molecule has 2 aromatic heterocycles. The van der Waals surface area contributed by atoms with Gasteiger partial charge in [0.05, 0.1) is 28.8 Å². The number of halogens is 1. The van der Waals surface area contributed by atoms with Crippen LogP contribution in [-0.4, -0.2) is 0 Å². The number of hydrogen-bond donors (Lipinski definition) is 0. The molecule has 0 saturated carbocycles. The van der Waals surface area contributed by atoms with Crippen LogP contribution >= 0.6 is 0 Å². The Morgan fingerprint density at radius 3 is 2.15 bits per heavy atom. The van der Waals surface area contributed by atoms with Crippen molar-refractivity contribution in [1.29, 1.82) is 10.5 Å². The summed E-state index contributed by atoms with van der Waals surface area (Å²) in [6.45, 7) is 3.71. The van der Waals surface area contributed by atoms with E-state index in [1.807, 2.05) is 48.9 Å². The molecule has 0 fully saturated rings. The molecule has 0 unspecified atom stereocenters. The Morgan fingerprint density at radius 2 is 1.48 bits per heavy atom. The van der Waals surface area contributed by atoms with E-state index in [4.69, 9.17) is 9.68 Å². The van der Waals surface area contributed by atoms with Gasteiger partial charge in [0, 0.05) is 28.0 Å². The van der Waals surface area contributed by atoms with Gasteiger partial charge in [-0.15, -0.1) is 0 Å². The fraction of sp³-hybridized carbons (Fsp3) is 0.107. The lowest BCUT2D eigenvalue weighted by molar-refractivity contribution is -0.661. The fourth-order valence-corrected chi connectivity index (χ4v) is 4.42. The molecule has 0 spiro atoms. The monoisotopic (exact) mass is 432 g/mol. The van der Waals surface area contributed by atoms with Crippen LogP contribution in [0.1, 0.15) is 22.3 Å². The molecule has 0 atom stereocenters. The first-order valence-electron chi connectivity index (χ1n) is 10.5. The third-order valence-corrected chi connectivity index (χ3v) is 6.10.